The summed E-state index contributed by atoms with van der Waals surface area (Å²) >= 11 is 2.91. The van der Waals surface area contributed by atoms with Crippen LogP contribution in [-0.4, -0.2) is 41.0 Å². The number of thioether (sulfide) groups is 1. The second kappa shape index (κ2) is 10.9. The quantitative estimate of drug-likeness (QED) is 0.188. The van der Waals surface area contributed by atoms with Crippen molar-refractivity contribution in [1.82, 2.24) is 10.4 Å². The molecule has 2 aromatic carbocycles. The molecule has 0 aliphatic heterocycles. The second-order valence-electron chi connectivity index (χ2n) is 6.80. The molecule has 4 rings (SSSR count). The van der Waals surface area contributed by atoms with Crippen molar-refractivity contribution in [2.24, 2.45) is 5.10 Å². The first-order chi connectivity index (χ1) is 16.5. The maximum Gasteiger partial charge on any atom is 0.371 e. The van der Waals surface area contributed by atoms with Crippen molar-refractivity contribution >= 4 is 51.4 Å². The molecular weight excluding hydrogens is 478 g/mol. The van der Waals surface area contributed by atoms with Gasteiger partial charge in [0.15, 0.2) is 15.8 Å². The fourth-order valence-electron chi connectivity index (χ4n) is 2.85. The average Bonchev–Trinajstić information content (AvgIpc) is 3.48. The van der Waals surface area contributed by atoms with Crippen LogP contribution >= 0.6 is 23.1 Å². The number of aromatic nitrogens is 1. The summed E-state index contributed by atoms with van der Waals surface area (Å²) in [6, 6.07) is 15.9. The smallest absolute Gasteiger partial charge is 0.371 e. The van der Waals surface area contributed by atoms with E-state index >= 15 is 0 Å². The van der Waals surface area contributed by atoms with Crippen molar-refractivity contribution in [3.63, 3.8) is 0 Å². The number of furan rings is 1. The number of carboxylic acids is 1. The fraction of sp³-hybridized carbons (Fsp3) is 0.130. The predicted octanol–water partition coefficient (Wildman–Crippen LogP) is 4.42. The van der Waals surface area contributed by atoms with Gasteiger partial charge in [-0.15, -0.1) is 11.3 Å². The Bertz CT molecular complexity index is 1310. The van der Waals surface area contributed by atoms with Crippen molar-refractivity contribution in [2.75, 3.05) is 12.9 Å². The number of nitrogens with zero attached hydrogens (tertiary/aromatic N) is 2. The van der Waals surface area contributed by atoms with Crippen LogP contribution in [0.3, 0.4) is 0 Å². The summed E-state index contributed by atoms with van der Waals surface area (Å²) in [5.41, 5.74) is 4.11. The summed E-state index contributed by atoms with van der Waals surface area (Å²) in [6.45, 7) is 0.0411. The molecule has 1 amide bonds. The first-order valence-corrected chi connectivity index (χ1v) is 11.7. The van der Waals surface area contributed by atoms with Crippen molar-refractivity contribution < 1.29 is 28.6 Å². The van der Waals surface area contributed by atoms with Crippen LogP contribution in [0.2, 0.25) is 0 Å². The Labute approximate surface area is 202 Å². The Morgan fingerprint density at radius 2 is 2.06 bits per heavy atom. The molecule has 0 aliphatic rings. The third kappa shape index (κ3) is 5.94. The van der Waals surface area contributed by atoms with Gasteiger partial charge >= 0.3 is 5.97 Å². The standard InChI is InChI=1S/C23H19N3O6S2/c1-30-19-10-14(6-8-17(19)31-12-15-7-9-18(32-15)22(28)29)11-24-26-21(27)13-33-23-25-16-4-2-3-5-20(16)34-23/h2-11H,12-13H2,1H3,(H,26,27)(H,28,29). The zero-order valence-corrected chi connectivity index (χ0v) is 19.5. The molecule has 0 aliphatic carbocycles. The minimum absolute atomic E-state index is 0.0411. The normalized spacial score (nSPS) is 11.1. The van der Waals surface area contributed by atoms with E-state index in [0.29, 0.717) is 22.8 Å². The van der Waals surface area contributed by atoms with Gasteiger partial charge in [0, 0.05) is 0 Å². The number of para-hydroxylation sites is 1. The Morgan fingerprint density at radius 1 is 1.21 bits per heavy atom. The first kappa shape index (κ1) is 23.3. The van der Waals surface area contributed by atoms with E-state index in [1.54, 1.807) is 29.5 Å². The molecule has 34 heavy (non-hydrogen) atoms. The lowest BCUT2D eigenvalue weighted by atomic mass is 10.2. The van der Waals surface area contributed by atoms with Crippen LogP contribution in [0.25, 0.3) is 10.2 Å². The van der Waals surface area contributed by atoms with Crippen molar-refractivity contribution in [1.29, 1.82) is 0 Å². The molecule has 0 saturated heterocycles. The zero-order valence-electron chi connectivity index (χ0n) is 17.9. The number of fused-ring (bicyclic) bond motifs is 1. The number of hydrazone groups is 1. The molecule has 0 saturated carbocycles. The summed E-state index contributed by atoms with van der Waals surface area (Å²) in [4.78, 5) is 27.5. The number of hydrogen-bond acceptors (Lipinski definition) is 9. The lowest BCUT2D eigenvalue weighted by Gasteiger charge is -2.10. The number of rotatable bonds is 10. The van der Waals surface area contributed by atoms with Gasteiger partial charge in [-0.3, -0.25) is 4.79 Å². The van der Waals surface area contributed by atoms with Crippen LogP contribution in [0.4, 0.5) is 0 Å². The molecule has 2 heterocycles. The number of amides is 1. The molecule has 2 N–H and O–H groups in total. The van der Waals surface area contributed by atoms with Gasteiger partial charge in [0.05, 0.1) is 29.3 Å². The third-order valence-electron chi connectivity index (χ3n) is 4.43. The lowest BCUT2D eigenvalue weighted by Crippen LogP contribution is -2.19. The van der Waals surface area contributed by atoms with Crippen molar-refractivity contribution in [2.45, 2.75) is 10.9 Å². The van der Waals surface area contributed by atoms with E-state index in [1.807, 2.05) is 24.3 Å². The van der Waals surface area contributed by atoms with E-state index in [2.05, 4.69) is 15.5 Å². The van der Waals surface area contributed by atoms with Crippen LogP contribution in [-0.2, 0) is 11.4 Å². The molecule has 9 nitrogen and oxygen atoms in total. The van der Waals surface area contributed by atoms with E-state index in [4.69, 9.17) is 19.0 Å². The van der Waals surface area contributed by atoms with Gasteiger partial charge in [-0.05, 0) is 48.0 Å². The van der Waals surface area contributed by atoms with Gasteiger partial charge in [-0.1, -0.05) is 23.9 Å². The third-order valence-corrected chi connectivity index (χ3v) is 6.61. The van der Waals surface area contributed by atoms with Crippen LogP contribution in [0.15, 0.2) is 68.5 Å². The number of carbonyl (C=O) groups is 2. The lowest BCUT2D eigenvalue weighted by molar-refractivity contribution is -0.118. The maximum atomic E-state index is 12.1. The van der Waals surface area contributed by atoms with Crippen molar-refractivity contribution in [3.05, 3.63) is 71.7 Å². The summed E-state index contributed by atoms with van der Waals surface area (Å²) < 4.78 is 18.1. The molecule has 11 heteroatoms. The van der Waals surface area contributed by atoms with E-state index in [-0.39, 0.29) is 24.0 Å². The average molecular weight is 498 g/mol. The summed E-state index contributed by atoms with van der Waals surface area (Å²) in [7, 11) is 1.50. The summed E-state index contributed by atoms with van der Waals surface area (Å²) in [6.07, 6.45) is 1.50. The Kier molecular flexibility index (Phi) is 7.45. The second-order valence-corrected chi connectivity index (χ2v) is 9.05. The number of methoxy groups -OCH3 is 1. The van der Waals surface area contributed by atoms with Gasteiger partial charge < -0.3 is 19.0 Å². The number of carboxylic acid groups (broad SMARTS) is 1. The topological polar surface area (TPSA) is 123 Å². The summed E-state index contributed by atoms with van der Waals surface area (Å²) in [5, 5.41) is 12.9. The van der Waals surface area contributed by atoms with Crippen LogP contribution < -0.4 is 14.9 Å². The van der Waals surface area contributed by atoms with Crippen molar-refractivity contribution in [3.8, 4) is 11.5 Å². The largest absolute Gasteiger partial charge is 0.493 e. The number of benzene rings is 2. The van der Waals surface area contributed by atoms with Gasteiger partial charge in [0.25, 0.3) is 5.91 Å². The molecule has 0 unspecified atom stereocenters. The molecule has 2 aromatic heterocycles. The van der Waals surface area contributed by atoms with E-state index in [1.165, 1.54) is 37.2 Å². The number of nitrogens with one attached hydrogen (secondary N) is 1. The highest BCUT2D eigenvalue weighted by molar-refractivity contribution is 8.01. The van der Waals surface area contributed by atoms with Gasteiger partial charge in [0.1, 0.15) is 12.4 Å². The number of ether oxygens (including phenoxy) is 2. The van der Waals surface area contributed by atoms with E-state index in [0.717, 1.165) is 14.6 Å². The highest BCUT2D eigenvalue weighted by atomic mass is 32.2. The van der Waals surface area contributed by atoms with Gasteiger partial charge in [-0.2, -0.15) is 5.10 Å². The number of aromatic carboxylic acids is 1. The molecule has 0 radical (unpaired) electrons. The number of carbonyl (C=O) groups excluding carboxylic acids is 1. The number of thiazole rings is 1. The molecule has 0 fully saturated rings. The maximum absolute atomic E-state index is 12.1. The Morgan fingerprint density at radius 3 is 2.82 bits per heavy atom. The van der Waals surface area contributed by atoms with Gasteiger partial charge in [-0.25, -0.2) is 15.2 Å². The monoisotopic (exact) mass is 497 g/mol. The first-order valence-electron chi connectivity index (χ1n) is 9.95. The highest BCUT2D eigenvalue weighted by Crippen LogP contribution is 2.30. The van der Waals surface area contributed by atoms with E-state index < -0.39 is 5.97 Å². The zero-order chi connectivity index (χ0) is 23.9. The molecule has 0 spiro atoms. The molecule has 4 aromatic rings. The minimum atomic E-state index is -1.14. The fourth-order valence-corrected chi connectivity index (χ4v) is 4.72. The summed E-state index contributed by atoms with van der Waals surface area (Å²) in [5.74, 6) is -0.0737. The van der Waals surface area contributed by atoms with E-state index in [9.17, 15) is 9.59 Å². The molecular formula is C23H19N3O6S2. The molecule has 0 bridgehead atoms. The Balaban J connectivity index is 1.28. The molecule has 174 valence electrons. The highest BCUT2D eigenvalue weighted by Gasteiger charge is 2.11. The van der Waals surface area contributed by atoms with Crippen LogP contribution in [0.1, 0.15) is 21.9 Å². The van der Waals surface area contributed by atoms with Crippen LogP contribution in [0, 0.1) is 0 Å². The molecule has 0 atom stereocenters. The predicted molar refractivity (Wildman–Crippen MR) is 129 cm³/mol. The number of hydrogen-bond donors (Lipinski definition) is 2. The van der Waals surface area contributed by atoms with Crippen LogP contribution in [0.5, 0.6) is 11.5 Å². The minimum Gasteiger partial charge on any atom is -0.493 e. The van der Waals surface area contributed by atoms with Gasteiger partial charge in [0.2, 0.25) is 5.76 Å². The Hall–Kier alpha value is -3.83. The SMILES string of the molecule is COc1cc(C=NNC(=O)CSc2nc3ccccc3s2)ccc1OCc1ccc(C(=O)O)o1.